The molecule has 0 aliphatic heterocycles. The first-order chi connectivity index (χ1) is 20.2. The van der Waals surface area contributed by atoms with Crippen LogP contribution in [0.1, 0.15) is 50.8 Å². The summed E-state index contributed by atoms with van der Waals surface area (Å²) in [6, 6.07) is 18.0. The highest BCUT2D eigenvalue weighted by Crippen LogP contribution is 2.34. The lowest BCUT2D eigenvalue weighted by Crippen LogP contribution is -2.55. The predicted molar refractivity (Wildman–Crippen MR) is 169 cm³/mol. The monoisotopic (exact) mass is 609 g/mol. The van der Waals surface area contributed by atoms with E-state index in [1.54, 1.807) is 49.6 Å². The highest BCUT2D eigenvalue weighted by molar-refractivity contribution is 7.92. The maximum atomic E-state index is 14.3. The summed E-state index contributed by atoms with van der Waals surface area (Å²) in [5.41, 5.74) is 2.15. The number of nitrogens with zero attached hydrogens (tertiary/aromatic N) is 2. The fourth-order valence-electron chi connectivity index (χ4n) is 4.65. The summed E-state index contributed by atoms with van der Waals surface area (Å²) in [5.74, 6) is 0.0956. The quantitative estimate of drug-likeness (QED) is 0.301. The molecule has 3 aromatic rings. The number of aryl methyl sites for hydroxylation is 2. The smallest absolute Gasteiger partial charge is 0.264 e. The molecule has 10 heteroatoms. The van der Waals surface area contributed by atoms with Gasteiger partial charge in [-0.2, -0.15) is 0 Å². The van der Waals surface area contributed by atoms with Crippen LogP contribution >= 0.6 is 0 Å². The number of ether oxygens (including phenoxy) is 2. The van der Waals surface area contributed by atoms with E-state index in [4.69, 9.17) is 9.47 Å². The molecule has 0 aliphatic carbocycles. The van der Waals surface area contributed by atoms with Crippen LogP contribution in [-0.2, 0) is 26.2 Å². The molecule has 0 saturated heterocycles. The number of amides is 2. The van der Waals surface area contributed by atoms with Gasteiger partial charge in [0.1, 0.15) is 24.1 Å². The minimum Gasteiger partial charge on any atom is -0.497 e. The number of rotatable bonds is 12. The van der Waals surface area contributed by atoms with E-state index in [-0.39, 0.29) is 23.0 Å². The number of carbonyl (C=O) groups is 2. The molecule has 0 spiro atoms. The molecule has 0 heterocycles. The number of anilines is 1. The van der Waals surface area contributed by atoms with Gasteiger partial charge in [-0.05, 0) is 88.6 Å². The Morgan fingerprint density at radius 1 is 0.884 bits per heavy atom. The van der Waals surface area contributed by atoms with Crippen LogP contribution in [0.15, 0.2) is 71.6 Å². The fourth-order valence-corrected chi connectivity index (χ4v) is 6.06. The van der Waals surface area contributed by atoms with Crippen LogP contribution in [0, 0.1) is 13.8 Å². The van der Waals surface area contributed by atoms with Gasteiger partial charge in [-0.3, -0.25) is 13.9 Å². The van der Waals surface area contributed by atoms with Crippen molar-refractivity contribution in [2.24, 2.45) is 0 Å². The molecule has 0 aliphatic rings. The van der Waals surface area contributed by atoms with Crippen molar-refractivity contribution in [3.63, 3.8) is 0 Å². The molecule has 0 aromatic heterocycles. The van der Waals surface area contributed by atoms with Gasteiger partial charge in [-0.1, -0.05) is 42.8 Å². The zero-order chi connectivity index (χ0) is 31.9. The largest absolute Gasteiger partial charge is 0.497 e. The number of nitrogens with one attached hydrogen (secondary N) is 1. The summed E-state index contributed by atoms with van der Waals surface area (Å²) in [5, 5.41) is 2.98. The second-order valence-corrected chi connectivity index (χ2v) is 13.4. The van der Waals surface area contributed by atoms with Gasteiger partial charge in [-0.25, -0.2) is 8.42 Å². The minimum atomic E-state index is -4.22. The van der Waals surface area contributed by atoms with Crippen LogP contribution in [0.4, 0.5) is 5.69 Å². The minimum absolute atomic E-state index is 0.0358. The summed E-state index contributed by atoms with van der Waals surface area (Å²) in [6.07, 6.45) is 0.322. The van der Waals surface area contributed by atoms with Gasteiger partial charge in [0, 0.05) is 12.1 Å². The van der Waals surface area contributed by atoms with E-state index in [0.717, 1.165) is 21.0 Å². The van der Waals surface area contributed by atoms with Crippen molar-refractivity contribution in [1.29, 1.82) is 0 Å². The molecular formula is C33H43N3O6S. The summed E-state index contributed by atoms with van der Waals surface area (Å²) in [7, 11) is -1.21. The third kappa shape index (κ3) is 8.50. The average molecular weight is 610 g/mol. The molecule has 9 nitrogen and oxygen atoms in total. The van der Waals surface area contributed by atoms with Crippen molar-refractivity contribution in [3.8, 4) is 11.5 Å². The number of hydrogen-bond donors (Lipinski definition) is 1. The molecule has 3 aromatic carbocycles. The zero-order valence-electron chi connectivity index (χ0n) is 26.3. The molecular weight excluding hydrogens is 566 g/mol. The lowest BCUT2D eigenvalue weighted by atomic mass is 10.1. The van der Waals surface area contributed by atoms with Crippen molar-refractivity contribution in [2.75, 3.05) is 25.1 Å². The molecule has 0 radical (unpaired) electrons. The van der Waals surface area contributed by atoms with Crippen LogP contribution in [0.5, 0.6) is 11.5 Å². The van der Waals surface area contributed by atoms with E-state index in [0.29, 0.717) is 17.9 Å². The zero-order valence-corrected chi connectivity index (χ0v) is 27.1. The van der Waals surface area contributed by atoms with E-state index in [2.05, 4.69) is 5.32 Å². The van der Waals surface area contributed by atoms with Crippen molar-refractivity contribution in [1.82, 2.24) is 10.2 Å². The molecule has 1 N–H and O–H groups in total. The molecule has 2 amide bonds. The van der Waals surface area contributed by atoms with Crippen molar-refractivity contribution in [3.05, 3.63) is 83.4 Å². The SMILES string of the molecule is CCC(C(=O)NC(C)(C)C)N(Cc1ccc(OC)cc1)C(=O)CN(c1cc(C)ccc1OC)S(=O)(=O)c1ccc(C)cc1. The molecule has 0 saturated carbocycles. The molecule has 3 rings (SSSR count). The number of methoxy groups -OCH3 is 2. The highest BCUT2D eigenvalue weighted by atomic mass is 32.2. The predicted octanol–water partition coefficient (Wildman–Crippen LogP) is 5.24. The second-order valence-electron chi connectivity index (χ2n) is 11.5. The molecule has 1 atom stereocenters. The maximum Gasteiger partial charge on any atom is 0.264 e. The van der Waals surface area contributed by atoms with Gasteiger partial charge < -0.3 is 19.7 Å². The van der Waals surface area contributed by atoms with Crippen LogP contribution in [0.3, 0.4) is 0 Å². The summed E-state index contributed by atoms with van der Waals surface area (Å²) >= 11 is 0. The van der Waals surface area contributed by atoms with Gasteiger partial charge >= 0.3 is 0 Å². The second kappa shape index (κ2) is 13.9. The Labute approximate surface area is 255 Å². The van der Waals surface area contributed by atoms with E-state index >= 15 is 0 Å². The first-order valence-electron chi connectivity index (χ1n) is 14.2. The summed E-state index contributed by atoms with van der Waals surface area (Å²) in [6.45, 7) is 10.7. The lowest BCUT2D eigenvalue weighted by molar-refractivity contribution is -0.141. The Bertz CT molecular complexity index is 1510. The number of sulfonamides is 1. The molecule has 0 fully saturated rings. The van der Waals surface area contributed by atoms with Crippen LogP contribution in [0.25, 0.3) is 0 Å². The summed E-state index contributed by atoms with van der Waals surface area (Å²) in [4.78, 5) is 29.3. The van der Waals surface area contributed by atoms with Crippen molar-refractivity contribution >= 4 is 27.5 Å². The van der Waals surface area contributed by atoms with Gasteiger partial charge in [0.25, 0.3) is 10.0 Å². The van der Waals surface area contributed by atoms with E-state index in [1.165, 1.54) is 24.1 Å². The van der Waals surface area contributed by atoms with Gasteiger partial charge in [0.05, 0.1) is 24.8 Å². The number of benzene rings is 3. The lowest BCUT2D eigenvalue weighted by Gasteiger charge is -2.35. The topological polar surface area (TPSA) is 105 Å². The maximum absolute atomic E-state index is 14.3. The van der Waals surface area contributed by atoms with E-state index in [1.807, 2.05) is 53.7 Å². The Kier molecular flexibility index (Phi) is 10.9. The Hall–Kier alpha value is -4.05. The number of carbonyl (C=O) groups excluding carboxylic acids is 2. The molecule has 232 valence electrons. The Morgan fingerprint density at radius 3 is 2.02 bits per heavy atom. The Balaban J connectivity index is 2.13. The first kappa shape index (κ1) is 33.5. The van der Waals surface area contributed by atoms with Crippen LogP contribution in [-0.4, -0.2) is 57.5 Å². The van der Waals surface area contributed by atoms with Gasteiger partial charge in [0.15, 0.2) is 0 Å². The molecule has 0 bridgehead atoms. The average Bonchev–Trinajstić information content (AvgIpc) is 2.95. The normalized spacial score (nSPS) is 12.3. The van der Waals surface area contributed by atoms with Gasteiger partial charge in [-0.15, -0.1) is 0 Å². The fraction of sp³-hybridized carbons (Fsp3) is 0.394. The van der Waals surface area contributed by atoms with Crippen LogP contribution < -0.4 is 19.1 Å². The Morgan fingerprint density at radius 2 is 1.49 bits per heavy atom. The third-order valence-electron chi connectivity index (χ3n) is 6.89. The summed E-state index contributed by atoms with van der Waals surface area (Å²) < 4.78 is 40.2. The molecule has 1 unspecified atom stereocenters. The first-order valence-corrected chi connectivity index (χ1v) is 15.6. The van der Waals surface area contributed by atoms with Crippen molar-refractivity contribution in [2.45, 2.75) is 71.0 Å². The van der Waals surface area contributed by atoms with E-state index < -0.39 is 34.1 Å². The third-order valence-corrected chi connectivity index (χ3v) is 8.66. The standard InChI is InChI=1S/C33H43N3O6S/c1-9-28(32(38)34-33(4,5)6)35(21-25-13-15-26(41-7)16-14-25)31(37)22-36(29-20-24(3)12-19-30(29)42-8)43(39,40)27-17-10-23(2)11-18-27/h10-20,28H,9,21-22H2,1-8H3,(H,34,38). The number of hydrogen-bond acceptors (Lipinski definition) is 6. The highest BCUT2D eigenvalue weighted by Gasteiger charge is 2.35. The van der Waals surface area contributed by atoms with Crippen LogP contribution in [0.2, 0.25) is 0 Å². The van der Waals surface area contributed by atoms with Gasteiger partial charge in [0.2, 0.25) is 11.8 Å². The van der Waals surface area contributed by atoms with Crippen molar-refractivity contribution < 1.29 is 27.5 Å². The van der Waals surface area contributed by atoms with E-state index in [9.17, 15) is 18.0 Å². The molecule has 43 heavy (non-hydrogen) atoms.